The summed E-state index contributed by atoms with van der Waals surface area (Å²) in [6, 6.07) is 138. The van der Waals surface area contributed by atoms with Crippen molar-refractivity contribution >= 4 is 131 Å². The first-order valence-electron chi connectivity index (χ1n) is 43.0. The van der Waals surface area contributed by atoms with Gasteiger partial charge in [-0.15, -0.1) is 0 Å². The highest BCUT2D eigenvalue weighted by molar-refractivity contribution is 6.29. The molecule has 0 aliphatic heterocycles. The second-order valence-electron chi connectivity index (χ2n) is 32.1. The van der Waals surface area contributed by atoms with Crippen LogP contribution in [0.15, 0.2) is 451 Å². The van der Waals surface area contributed by atoms with Crippen LogP contribution < -0.4 is 0 Å². The zero-order valence-corrected chi connectivity index (χ0v) is 69.2. The highest BCUT2D eigenvalue weighted by Crippen LogP contribution is 2.49. The molecular weight excluding hydrogens is 1590 g/mol. The minimum absolute atomic E-state index is 0.584. The van der Waals surface area contributed by atoms with Crippen molar-refractivity contribution in [3.8, 4) is 103 Å². The number of pyridine rings is 3. The molecule has 129 heavy (non-hydrogen) atoms. The molecule has 606 valence electrons. The minimum atomic E-state index is 0.584. The molecule has 0 N–H and O–H groups in total. The van der Waals surface area contributed by atoms with Crippen LogP contribution in [0.4, 0.5) is 0 Å². The second kappa shape index (κ2) is 30.6. The van der Waals surface area contributed by atoms with Crippen LogP contribution in [0.2, 0.25) is 0 Å². The average Bonchev–Trinajstić information content (AvgIpc) is 1.53. The molecule has 0 aliphatic carbocycles. The molecule has 27 aromatic rings. The van der Waals surface area contributed by atoms with Crippen molar-refractivity contribution in [3.63, 3.8) is 0 Å². The Balaban J connectivity index is 0.000000105. The van der Waals surface area contributed by atoms with Gasteiger partial charge in [-0.25, -0.2) is 15.0 Å². The van der Waals surface area contributed by atoms with Gasteiger partial charge in [-0.1, -0.05) is 267 Å². The summed E-state index contributed by atoms with van der Waals surface area (Å²) in [5.41, 5.74) is 24.4. The van der Waals surface area contributed by atoms with E-state index in [1.807, 2.05) is 201 Å². The quantitative estimate of drug-likeness (QED) is 0.117. The van der Waals surface area contributed by atoms with Crippen LogP contribution in [0.25, 0.3) is 234 Å². The zero-order valence-electron chi connectivity index (χ0n) is 69.2. The molecule has 0 aliphatic rings. The van der Waals surface area contributed by atoms with Gasteiger partial charge in [0.25, 0.3) is 0 Å². The zero-order chi connectivity index (χ0) is 85.0. The summed E-state index contributed by atoms with van der Waals surface area (Å²) in [4.78, 5) is 28.6. The molecule has 27 rings (SSSR count). The minimum Gasteiger partial charge on any atom is -0.419 e. The second-order valence-corrected chi connectivity index (χ2v) is 32.1. The number of benzene rings is 15. The molecule has 15 heteroatoms. The summed E-state index contributed by atoms with van der Waals surface area (Å²) in [6.07, 6.45) is 11.2. The fraction of sp³-hybridized carbons (Fsp3) is 0. The van der Waals surface area contributed by atoms with Gasteiger partial charge in [0.05, 0.1) is 102 Å². The third kappa shape index (κ3) is 12.1. The van der Waals surface area contributed by atoms with Gasteiger partial charge in [-0.2, -0.15) is 0 Å². The van der Waals surface area contributed by atoms with Crippen LogP contribution in [0.5, 0.6) is 0 Å². The summed E-state index contributed by atoms with van der Waals surface area (Å²) in [5, 5.41) is 14.1. The van der Waals surface area contributed by atoms with Gasteiger partial charge in [0.1, 0.15) is 17.1 Å². The fourth-order valence-electron chi connectivity index (χ4n) is 19.2. The first-order chi connectivity index (χ1) is 64.1. The molecular formula is C114H72N12O3. The maximum absolute atomic E-state index is 6.81. The molecule has 0 spiro atoms. The van der Waals surface area contributed by atoms with E-state index < -0.39 is 0 Å². The summed E-state index contributed by atoms with van der Waals surface area (Å²) < 4.78 is 33.9. The molecule has 0 bridgehead atoms. The van der Waals surface area contributed by atoms with Crippen LogP contribution >= 0.6 is 0 Å². The smallest absolute Gasteiger partial charge is 0.233 e. The van der Waals surface area contributed by atoms with Gasteiger partial charge >= 0.3 is 0 Å². The number of rotatable bonds is 12. The highest BCUT2D eigenvalue weighted by atomic mass is 16.4. The van der Waals surface area contributed by atoms with Gasteiger partial charge in [0, 0.05) is 117 Å². The number of fused-ring (bicyclic) bond motifs is 20. The molecule has 0 amide bonds. The monoisotopic (exact) mass is 1660 g/mol. The van der Waals surface area contributed by atoms with E-state index >= 15 is 0 Å². The third-order valence-electron chi connectivity index (χ3n) is 24.8. The van der Waals surface area contributed by atoms with Gasteiger partial charge < -0.3 is 27.0 Å². The normalized spacial score (nSPS) is 11.7. The van der Waals surface area contributed by atoms with Crippen molar-refractivity contribution in [2.75, 3.05) is 0 Å². The van der Waals surface area contributed by atoms with Crippen LogP contribution in [0, 0.1) is 0 Å². The molecule has 15 nitrogen and oxygen atoms in total. The maximum atomic E-state index is 6.81. The van der Waals surface area contributed by atoms with Crippen molar-refractivity contribution in [1.82, 2.24) is 57.3 Å². The number of hydrogen-bond acceptors (Lipinski definition) is 9. The average molecular weight is 1660 g/mol. The van der Waals surface area contributed by atoms with Gasteiger partial charge in [0.2, 0.25) is 35.3 Å². The number of nitrogens with zero attached hydrogens (tertiary/aromatic N) is 12. The third-order valence-corrected chi connectivity index (χ3v) is 24.8. The van der Waals surface area contributed by atoms with Crippen molar-refractivity contribution in [2.24, 2.45) is 0 Å². The first-order valence-corrected chi connectivity index (χ1v) is 43.0. The van der Waals surface area contributed by atoms with Crippen LogP contribution in [-0.2, 0) is 0 Å². The van der Waals surface area contributed by atoms with E-state index in [1.165, 1.54) is 37.7 Å². The lowest BCUT2D eigenvalue weighted by Gasteiger charge is -2.11. The number of aromatic nitrogens is 12. The Morgan fingerprint density at radius 1 is 0.178 bits per heavy atom. The molecule has 0 unspecified atom stereocenters. The molecule has 12 aromatic heterocycles. The van der Waals surface area contributed by atoms with Crippen molar-refractivity contribution in [1.29, 1.82) is 0 Å². The summed E-state index contributed by atoms with van der Waals surface area (Å²) in [7, 11) is 0. The maximum Gasteiger partial charge on any atom is 0.233 e. The van der Waals surface area contributed by atoms with Crippen molar-refractivity contribution < 1.29 is 13.3 Å². The highest BCUT2D eigenvalue weighted by Gasteiger charge is 2.31. The Kier molecular flexibility index (Phi) is 17.5. The molecule has 0 saturated heterocycles. The Labute approximate surface area is 737 Å². The number of hydrogen-bond donors (Lipinski definition) is 0. The lowest BCUT2D eigenvalue weighted by molar-refractivity contribution is 0.554. The van der Waals surface area contributed by atoms with E-state index in [4.69, 9.17) is 28.2 Å². The van der Waals surface area contributed by atoms with Crippen molar-refractivity contribution in [2.45, 2.75) is 0 Å². The van der Waals surface area contributed by atoms with E-state index in [1.54, 1.807) is 0 Å². The van der Waals surface area contributed by atoms with Gasteiger partial charge in [-0.05, 0) is 133 Å². The predicted molar refractivity (Wildman–Crippen MR) is 522 cm³/mol. The van der Waals surface area contributed by atoms with E-state index in [0.717, 1.165) is 161 Å². The number of para-hydroxylation sites is 6. The predicted octanol–water partition coefficient (Wildman–Crippen LogP) is 28.8. The van der Waals surface area contributed by atoms with Gasteiger partial charge in [0.15, 0.2) is 0 Å². The first kappa shape index (κ1) is 73.9. The lowest BCUT2D eigenvalue weighted by atomic mass is 10.1. The molecule has 15 aromatic carbocycles. The summed E-state index contributed by atoms with van der Waals surface area (Å²) >= 11 is 0. The Morgan fingerprint density at radius 2 is 0.450 bits per heavy atom. The Hall–Kier alpha value is -17.8. The fourth-order valence-corrected chi connectivity index (χ4v) is 19.2. The van der Waals surface area contributed by atoms with E-state index in [-0.39, 0.29) is 0 Å². The van der Waals surface area contributed by atoms with Crippen LogP contribution in [0.1, 0.15) is 0 Å². The van der Waals surface area contributed by atoms with E-state index in [9.17, 15) is 0 Å². The molecule has 0 radical (unpaired) electrons. The standard InChI is InChI=1S/3C38H24N4O/c1-3-12-25(13-4-1)34-38(43-37(40-34)26-14-5-2-6-15-26)42-33-20-10-8-18-29(33)31-22-21-30-28-17-7-9-19-32(28)41(35(30)36(31)42)27-16-11-23-39-24-27;1-3-12-25(13-4-1)36-38(43-37(40-36)26-14-5-2-6-15-26)42-31-20-10-8-18-29(31)35-33(42)22-21-32-34(35)28-17-7-9-19-30(28)41(32)27-16-11-23-39-24-27;1-3-12-25(13-4-1)36-38(43-37(40-36)26-14-5-2-6-15-26)42-33-20-10-8-18-29(33)31-22-30-28-17-7-9-19-32(28)41(34(30)23-35(31)42)27-16-11-21-39-24-27/h3*1-24H. The lowest BCUT2D eigenvalue weighted by Crippen LogP contribution is -1.99. The van der Waals surface area contributed by atoms with Crippen LogP contribution in [-0.4, -0.2) is 57.3 Å². The molecule has 12 heterocycles. The SMILES string of the molecule is c1ccc(-c2nc(-c3ccccc3)c(-n3c4ccccc4c4c5c6ccccc6n(-c6cccnc6)c5ccc43)o2)cc1.c1ccc(-c2nc(-c3ccccc3)c(-n3c4ccccc4c4cc5c6ccccc6n(-c6cccnc6)c5cc43)o2)cc1.c1ccc(-c2nc(-c3ccccc3)c(-n3c4ccccc4c4ccc5c6ccccc6n(-c6cccnc6)c5c43)o2)cc1. The Bertz CT molecular complexity index is 8960. The van der Waals surface area contributed by atoms with Crippen molar-refractivity contribution in [3.05, 3.63) is 438 Å². The van der Waals surface area contributed by atoms with Crippen LogP contribution in [0.3, 0.4) is 0 Å². The van der Waals surface area contributed by atoms with Gasteiger partial charge in [-0.3, -0.25) is 28.7 Å². The largest absolute Gasteiger partial charge is 0.419 e. The summed E-state index contributed by atoms with van der Waals surface area (Å²) in [6.45, 7) is 0. The molecule has 0 fully saturated rings. The van der Waals surface area contributed by atoms with E-state index in [2.05, 4.69) is 279 Å². The number of oxazole rings is 3. The Morgan fingerprint density at radius 3 is 0.837 bits per heavy atom. The summed E-state index contributed by atoms with van der Waals surface area (Å²) in [5.74, 6) is 3.85. The van der Waals surface area contributed by atoms with E-state index in [0.29, 0.717) is 35.3 Å². The topological polar surface area (TPSA) is 146 Å². The molecule has 0 saturated carbocycles. The molecule has 0 atom stereocenters.